The molecule has 21 heavy (non-hydrogen) atoms. The number of alkyl halides is 3. The number of halogens is 4. The van der Waals surface area contributed by atoms with Gasteiger partial charge in [-0.15, -0.1) is 13.2 Å². The minimum Gasteiger partial charge on any atom is -0.404 e. The lowest BCUT2D eigenvalue weighted by Crippen LogP contribution is -2.36. The number of nitrogens with zero attached hydrogens (tertiary/aromatic N) is 1. The molecule has 0 aliphatic carbocycles. The van der Waals surface area contributed by atoms with Crippen LogP contribution < -0.4 is 4.74 Å². The molecule has 118 valence electrons. The third-order valence-electron chi connectivity index (χ3n) is 3.27. The normalized spacial score (nSPS) is 17.0. The highest BCUT2D eigenvalue weighted by Crippen LogP contribution is 2.31. The van der Waals surface area contributed by atoms with Crippen molar-refractivity contribution in [3.63, 3.8) is 0 Å². The molecule has 0 atom stereocenters. The van der Waals surface area contributed by atoms with E-state index in [1.807, 2.05) is 0 Å². The number of hydrogen-bond acceptors (Lipinski definition) is 3. The van der Waals surface area contributed by atoms with Gasteiger partial charge in [0.15, 0.2) is 0 Å². The van der Waals surface area contributed by atoms with Crippen molar-refractivity contribution in [3.8, 4) is 5.75 Å². The Hall–Kier alpha value is -0.980. The van der Waals surface area contributed by atoms with Crippen molar-refractivity contribution in [2.75, 3.05) is 32.8 Å². The number of benzene rings is 1. The van der Waals surface area contributed by atoms with Crippen molar-refractivity contribution in [2.45, 2.75) is 19.2 Å². The van der Waals surface area contributed by atoms with Crippen LogP contribution in [0.15, 0.2) is 18.2 Å². The van der Waals surface area contributed by atoms with Crippen LogP contribution in [-0.4, -0.2) is 44.1 Å². The van der Waals surface area contributed by atoms with Crippen molar-refractivity contribution < 1.29 is 22.6 Å². The molecule has 1 aromatic carbocycles. The standard InChI is InChI=1S/C14H17ClF3NO2/c15-12-10-11(3-4-13(12)21-14(16,17)18)2-1-5-19-6-8-20-9-7-19/h3-4,10H,1-2,5-9H2. The Labute approximate surface area is 126 Å². The van der Waals surface area contributed by atoms with E-state index in [1.54, 1.807) is 6.07 Å². The first-order valence-electron chi connectivity index (χ1n) is 6.78. The van der Waals surface area contributed by atoms with E-state index in [9.17, 15) is 13.2 Å². The quantitative estimate of drug-likeness (QED) is 0.828. The Bertz CT molecular complexity index is 462. The first-order chi connectivity index (χ1) is 9.94. The summed E-state index contributed by atoms with van der Waals surface area (Å²) in [5, 5.41) is -0.0174. The molecule has 1 fully saturated rings. The highest BCUT2D eigenvalue weighted by molar-refractivity contribution is 6.32. The monoisotopic (exact) mass is 323 g/mol. The Morgan fingerprint density at radius 1 is 1.24 bits per heavy atom. The molecule has 0 spiro atoms. The fourth-order valence-corrected chi connectivity index (χ4v) is 2.48. The molecular formula is C14H17ClF3NO2. The summed E-state index contributed by atoms with van der Waals surface area (Å²) in [7, 11) is 0. The zero-order chi connectivity index (χ0) is 15.3. The minimum atomic E-state index is -4.72. The van der Waals surface area contributed by atoms with Crippen LogP contribution in [0.3, 0.4) is 0 Å². The molecule has 2 rings (SSSR count). The van der Waals surface area contributed by atoms with Crippen LogP contribution in [-0.2, 0) is 11.2 Å². The summed E-state index contributed by atoms with van der Waals surface area (Å²) in [6, 6.07) is 4.41. The maximum Gasteiger partial charge on any atom is 0.573 e. The number of ether oxygens (including phenoxy) is 2. The van der Waals surface area contributed by atoms with Crippen molar-refractivity contribution in [1.82, 2.24) is 4.90 Å². The molecule has 0 saturated carbocycles. The van der Waals surface area contributed by atoms with E-state index in [1.165, 1.54) is 12.1 Å². The number of hydrogen-bond donors (Lipinski definition) is 0. The lowest BCUT2D eigenvalue weighted by Gasteiger charge is -2.26. The van der Waals surface area contributed by atoms with E-state index in [0.717, 1.165) is 51.3 Å². The minimum absolute atomic E-state index is 0.0174. The van der Waals surface area contributed by atoms with Crippen LogP contribution in [0, 0.1) is 0 Å². The van der Waals surface area contributed by atoms with E-state index < -0.39 is 6.36 Å². The van der Waals surface area contributed by atoms with E-state index in [0.29, 0.717) is 0 Å². The predicted molar refractivity (Wildman–Crippen MR) is 73.7 cm³/mol. The van der Waals surface area contributed by atoms with Crippen molar-refractivity contribution in [3.05, 3.63) is 28.8 Å². The van der Waals surface area contributed by atoms with Gasteiger partial charge in [-0.1, -0.05) is 17.7 Å². The molecule has 0 unspecified atom stereocenters. The van der Waals surface area contributed by atoms with Gasteiger partial charge < -0.3 is 9.47 Å². The fraction of sp³-hybridized carbons (Fsp3) is 0.571. The van der Waals surface area contributed by atoms with Gasteiger partial charge in [-0.05, 0) is 37.1 Å². The molecule has 0 radical (unpaired) electrons. The molecule has 1 heterocycles. The largest absolute Gasteiger partial charge is 0.573 e. The molecule has 3 nitrogen and oxygen atoms in total. The van der Waals surface area contributed by atoms with E-state index in [-0.39, 0.29) is 10.8 Å². The molecule has 0 aromatic heterocycles. The molecule has 1 aliphatic rings. The maximum atomic E-state index is 12.1. The summed E-state index contributed by atoms with van der Waals surface area (Å²) in [6.07, 6.45) is -3.03. The van der Waals surface area contributed by atoms with Gasteiger partial charge in [-0.25, -0.2) is 0 Å². The summed E-state index contributed by atoms with van der Waals surface area (Å²) in [5.74, 6) is -0.360. The van der Waals surface area contributed by atoms with Crippen molar-refractivity contribution >= 4 is 11.6 Å². The molecule has 0 amide bonds. The van der Waals surface area contributed by atoms with Crippen LogP contribution in [0.5, 0.6) is 5.75 Å². The topological polar surface area (TPSA) is 21.7 Å². The Morgan fingerprint density at radius 2 is 1.95 bits per heavy atom. The van der Waals surface area contributed by atoms with Crippen LogP contribution >= 0.6 is 11.6 Å². The van der Waals surface area contributed by atoms with Crippen LogP contribution in [0.1, 0.15) is 12.0 Å². The Kier molecular flexibility index (Phi) is 5.72. The van der Waals surface area contributed by atoms with Crippen molar-refractivity contribution in [2.24, 2.45) is 0 Å². The van der Waals surface area contributed by atoms with E-state index >= 15 is 0 Å². The molecule has 0 N–H and O–H groups in total. The second kappa shape index (κ2) is 7.33. The summed E-state index contributed by atoms with van der Waals surface area (Å²) in [5.41, 5.74) is 0.905. The predicted octanol–water partition coefficient (Wildman–Crippen LogP) is 3.50. The highest BCUT2D eigenvalue weighted by atomic mass is 35.5. The Morgan fingerprint density at radius 3 is 2.57 bits per heavy atom. The van der Waals surface area contributed by atoms with Crippen LogP contribution in [0.4, 0.5) is 13.2 Å². The maximum absolute atomic E-state index is 12.1. The fourth-order valence-electron chi connectivity index (χ4n) is 2.24. The molecular weight excluding hydrogens is 307 g/mol. The van der Waals surface area contributed by atoms with Crippen LogP contribution in [0.25, 0.3) is 0 Å². The van der Waals surface area contributed by atoms with Gasteiger partial charge in [0.2, 0.25) is 0 Å². The summed E-state index contributed by atoms with van der Waals surface area (Å²) in [4.78, 5) is 2.31. The van der Waals surface area contributed by atoms with Crippen LogP contribution in [0.2, 0.25) is 5.02 Å². The van der Waals surface area contributed by atoms with Gasteiger partial charge in [-0.3, -0.25) is 4.90 Å². The molecule has 7 heteroatoms. The number of rotatable bonds is 5. The van der Waals surface area contributed by atoms with Gasteiger partial charge >= 0.3 is 6.36 Å². The van der Waals surface area contributed by atoms with Gasteiger partial charge in [0.25, 0.3) is 0 Å². The second-order valence-corrected chi connectivity index (χ2v) is 5.28. The molecule has 1 aromatic rings. The lowest BCUT2D eigenvalue weighted by atomic mass is 10.1. The second-order valence-electron chi connectivity index (χ2n) is 4.87. The summed E-state index contributed by atoms with van der Waals surface area (Å²) in [6.45, 7) is 4.32. The molecule has 1 aliphatic heterocycles. The lowest BCUT2D eigenvalue weighted by molar-refractivity contribution is -0.274. The highest BCUT2D eigenvalue weighted by Gasteiger charge is 2.32. The zero-order valence-corrected chi connectivity index (χ0v) is 12.2. The van der Waals surface area contributed by atoms with E-state index in [4.69, 9.17) is 16.3 Å². The average Bonchev–Trinajstić information content (AvgIpc) is 2.42. The van der Waals surface area contributed by atoms with Crippen molar-refractivity contribution in [1.29, 1.82) is 0 Å². The third-order valence-corrected chi connectivity index (χ3v) is 3.56. The summed E-state index contributed by atoms with van der Waals surface area (Å²) >= 11 is 5.81. The smallest absolute Gasteiger partial charge is 0.404 e. The third kappa shape index (κ3) is 5.73. The van der Waals surface area contributed by atoms with E-state index in [2.05, 4.69) is 9.64 Å². The molecule has 1 saturated heterocycles. The van der Waals surface area contributed by atoms with Gasteiger partial charge in [-0.2, -0.15) is 0 Å². The first-order valence-corrected chi connectivity index (χ1v) is 7.16. The van der Waals surface area contributed by atoms with Gasteiger partial charge in [0, 0.05) is 13.1 Å². The number of aryl methyl sites for hydroxylation is 1. The zero-order valence-electron chi connectivity index (χ0n) is 11.5. The Balaban J connectivity index is 1.82. The summed E-state index contributed by atoms with van der Waals surface area (Å²) < 4.78 is 45.5. The molecule has 0 bridgehead atoms. The average molecular weight is 324 g/mol. The SMILES string of the molecule is FC(F)(F)Oc1ccc(CCCN2CCOCC2)cc1Cl. The first kappa shape index (κ1) is 16.4. The van der Waals surface area contributed by atoms with Gasteiger partial charge in [0.1, 0.15) is 5.75 Å². The number of morpholine rings is 1. The van der Waals surface area contributed by atoms with Gasteiger partial charge in [0.05, 0.1) is 18.2 Å².